The summed E-state index contributed by atoms with van der Waals surface area (Å²) < 4.78 is 5.75. The van der Waals surface area contributed by atoms with Crippen molar-refractivity contribution in [1.29, 1.82) is 0 Å². The molecular formula is C13H25N3OS. The molecule has 0 saturated heterocycles. The van der Waals surface area contributed by atoms with Crippen LogP contribution in [0.3, 0.4) is 0 Å². The lowest BCUT2D eigenvalue weighted by atomic mass is 10.1. The quantitative estimate of drug-likeness (QED) is 0.863. The molecule has 0 saturated carbocycles. The lowest BCUT2D eigenvalue weighted by Gasteiger charge is -2.19. The van der Waals surface area contributed by atoms with Gasteiger partial charge in [-0.15, -0.1) is 5.10 Å². The molecule has 0 aliphatic heterocycles. The highest BCUT2D eigenvalue weighted by molar-refractivity contribution is 7.13. The Hall–Kier alpha value is -0.680. The normalized spacial score (nSPS) is 13.9. The van der Waals surface area contributed by atoms with Crippen LogP contribution in [0.25, 0.3) is 0 Å². The maximum Gasteiger partial charge on any atom is 0.294 e. The van der Waals surface area contributed by atoms with Gasteiger partial charge < -0.3 is 10.1 Å². The molecule has 1 unspecified atom stereocenters. The first-order valence-corrected chi connectivity index (χ1v) is 7.32. The van der Waals surface area contributed by atoms with Crippen molar-refractivity contribution in [1.82, 2.24) is 15.5 Å². The fourth-order valence-electron chi connectivity index (χ4n) is 1.58. The van der Waals surface area contributed by atoms with E-state index in [1.165, 1.54) is 11.3 Å². The predicted octanol–water partition coefficient (Wildman–Crippen LogP) is 3.24. The summed E-state index contributed by atoms with van der Waals surface area (Å²) in [5, 5.41) is 13.2. The minimum Gasteiger partial charge on any atom is -0.466 e. The summed E-state index contributed by atoms with van der Waals surface area (Å²) >= 11 is 1.52. The Morgan fingerprint density at radius 1 is 1.22 bits per heavy atom. The largest absolute Gasteiger partial charge is 0.466 e. The van der Waals surface area contributed by atoms with Crippen molar-refractivity contribution in [3.8, 4) is 5.19 Å². The lowest BCUT2D eigenvalue weighted by molar-refractivity contribution is 0.191. The fourth-order valence-corrected chi connectivity index (χ4v) is 2.30. The van der Waals surface area contributed by atoms with E-state index in [4.69, 9.17) is 4.74 Å². The van der Waals surface area contributed by atoms with Crippen molar-refractivity contribution in [2.45, 2.75) is 66.2 Å². The van der Waals surface area contributed by atoms with Gasteiger partial charge in [-0.25, -0.2) is 0 Å². The minimum atomic E-state index is 0.0949. The molecule has 1 heterocycles. The molecule has 1 aromatic heterocycles. The van der Waals surface area contributed by atoms with Crippen molar-refractivity contribution < 1.29 is 4.74 Å². The van der Waals surface area contributed by atoms with Crippen LogP contribution in [0.5, 0.6) is 5.19 Å². The van der Waals surface area contributed by atoms with E-state index in [0.717, 1.165) is 18.0 Å². The first-order chi connectivity index (χ1) is 8.26. The van der Waals surface area contributed by atoms with Gasteiger partial charge in [0.15, 0.2) is 0 Å². The zero-order valence-corrected chi connectivity index (χ0v) is 13.1. The number of nitrogens with one attached hydrogen (secondary N) is 1. The third kappa shape index (κ3) is 6.31. The molecule has 0 aromatic carbocycles. The highest BCUT2D eigenvalue weighted by Gasteiger charge is 2.13. The van der Waals surface area contributed by atoms with Crippen LogP contribution in [-0.2, 0) is 6.54 Å². The van der Waals surface area contributed by atoms with Crippen molar-refractivity contribution in [3.63, 3.8) is 0 Å². The van der Waals surface area contributed by atoms with E-state index in [2.05, 4.69) is 57.1 Å². The molecule has 4 nitrogen and oxygen atoms in total. The number of hydrogen-bond acceptors (Lipinski definition) is 5. The number of ether oxygens (including phenoxy) is 1. The summed E-state index contributed by atoms with van der Waals surface area (Å²) in [7, 11) is 0. The summed E-state index contributed by atoms with van der Waals surface area (Å²) in [5.41, 5.74) is 0.0949. The van der Waals surface area contributed by atoms with E-state index in [0.29, 0.717) is 11.1 Å². The number of rotatable bonds is 6. The van der Waals surface area contributed by atoms with Crippen molar-refractivity contribution in [2.24, 2.45) is 5.92 Å². The van der Waals surface area contributed by atoms with E-state index in [9.17, 15) is 0 Å². The Balaban J connectivity index is 2.43. The van der Waals surface area contributed by atoms with Crippen LogP contribution in [0.1, 0.15) is 53.0 Å². The van der Waals surface area contributed by atoms with E-state index in [1.54, 1.807) is 0 Å². The molecule has 0 aliphatic carbocycles. The van der Waals surface area contributed by atoms with Crippen molar-refractivity contribution in [2.75, 3.05) is 0 Å². The van der Waals surface area contributed by atoms with E-state index < -0.39 is 0 Å². The molecular weight excluding hydrogens is 246 g/mol. The first-order valence-electron chi connectivity index (χ1n) is 6.50. The molecule has 0 fully saturated rings. The van der Waals surface area contributed by atoms with E-state index >= 15 is 0 Å². The molecule has 104 valence electrons. The van der Waals surface area contributed by atoms with Gasteiger partial charge in [0.2, 0.25) is 0 Å². The summed E-state index contributed by atoms with van der Waals surface area (Å²) in [6, 6.07) is 0. The Morgan fingerprint density at radius 2 is 1.89 bits per heavy atom. The maximum atomic E-state index is 5.75. The molecule has 0 aliphatic rings. The Labute approximate surface area is 114 Å². The highest BCUT2D eigenvalue weighted by atomic mass is 32.1. The topological polar surface area (TPSA) is 47.0 Å². The second-order valence-electron chi connectivity index (χ2n) is 6.12. The molecule has 5 heteroatoms. The van der Waals surface area contributed by atoms with Crippen LogP contribution in [0, 0.1) is 5.92 Å². The van der Waals surface area contributed by atoms with Crippen LogP contribution in [-0.4, -0.2) is 21.8 Å². The van der Waals surface area contributed by atoms with Gasteiger partial charge in [0.05, 0.1) is 12.6 Å². The van der Waals surface area contributed by atoms with Gasteiger partial charge in [-0.05, 0) is 40.0 Å². The summed E-state index contributed by atoms with van der Waals surface area (Å²) in [6.45, 7) is 13.6. The van der Waals surface area contributed by atoms with Gasteiger partial charge in [0.25, 0.3) is 5.19 Å². The fraction of sp³-hybridized carbons (Fsp3) is 0.846. The van der Waals surface area contributed by atoms with E-state index in [1.807, 2.05) is 0 Å². The maximum absolute atomic E-state index is 5.75. The third-order valence-corrected chi connectivity index (χ3v) is 3.14. The molecule has 1 rings (SSSR count). The SMILES string of the molecule is CC(C)CC(C)Oc1nnc(CNC(C)(C)C)s1. The molecule has 18 heavy (non-hydrogen) atoms. The molecule has 0 spiro atoms. The highest BCUT2D eigenvalue weighted by Crippen LogP contribution is 2.21. The predicted molar refractivity (Wildman–Crippen MR) is 76.0 cm³/mol. The Morgan fingerprint density at radius 3 is 2.44 bits per heavy atom. The summed E-state index contributed by atoms with van der Waals surface area (Å²) in [6.07, 6.45) is 1.23. The molecule has 1 aromatic rings. The standard InChI is InChI=1S/C13H25N3OS/c1-9(2)7-10(3)17-12-16-15-11(18-12)8-14-13(4,5)6/h9-10,14H,7-8H2,1-6H3. The van der Waals surface area contributed by atoms with Crippen LogP contribution < -0.4 is 10.1 Å². The Kier molecular flexibility index (Phi) is 5.53. The zero-order valence-electron chi connectivity index (χ0n) is 12.3. The summed E-state index contributed by atoms with van der Waals surface area (Å²) in [5.74, 6) is 0.634. The van der Waals surface area contributed by atoms with Gasteiger partial charge in [-0.2, -0.15) is 0 Å². The molecule has 0 radical (unpaired) electrons. The second kappa shape index (κ2) is 6.48. The smallest absolute Gasteiger partial charge is 0.294 e. The third-order valence-electron chi connectivity index (χ3n) is 2.32. The average molecular weight is 271 g/mol. The van der Waals surface area contributed by atoms with Crippen LogP contribution in [0.4, 0.5) is 0 Å². The van der Waals surface area contributed by atoms with E-state index in [-0.39, 0.29) is 11.6 Å². The number of aromatic nitrogens is 2. The van der Waals surface area contributed by atoms with Crippen LogP contribution in [0.15, 0.2) is 0 Å². The second-order valence-corrected chi connectivity index (χ2v) is 7.15. The van der Waals surface area contributed by atoms with Crippen molar-refractivity contribution in [3.05, 3.63) is 5.01 Å². The Bertz CT molecular complexity index is 357. The monoisotopic (exact) mass is 271 g/mol. The number of hydrogen-bond donors (Lipinski definition) is 1. The molecule has 0 bridgehead atoms. The van der Waals surface area contributed by atoms with Gasteiger partial charge >= 0.3 is 0 Å². The average Bonchev–Trinajstić information content (AvgIpc) is 2.60. The van der Waals surface area contributed by atoms with Gasteiger partial charge in [-0.3, -0.25) is 0 Å². The molecule has 1 N–H and O–H groups in total. The van der Waals surface area contributed by atoms with Crippen molar-refractivity contribution >= 4 is 11.3 Å². The van der Waals surface area contributed by atoms with Gasteiger partial charge in [0.1, 0.15) is 5.01 Å². The zero-order chi connectivity index (χ0) is 13.8. The van der Waals surface area contributed by atoms with Gasteiger partial charge in [0, 0.05) is 5.54 Å². The minimum absolute atomic E-state index is 0.0949. The number of nitrogens with zero attached hydrogens (tertiary/aromatic N) is 2. The summed E-state index contributed by atoms with van der Waals surface area (Å²) in [4.78, 5) is 0. The van der Waals surface area contributed by atoms with Crippen LogP contribution in [0.2, 0.25) is 0 Å². The first kappa shape index (κ1) is 15.4. The van der Waals surface area contributed by atoms with Crippen LogP contribution >= 0.6 is 11.3 Å². The lowest BCUT2D eigenvalue weighted by Crippen LogP contribution is -2.35. The molecule has 0 amide bonds. The molecule has 1 atom stereocenters. The van der Waals surface area contributed by atoms with Gasteiger partial charge in [-0.1, -0.05) is 30.3 Å².